The first-order chi connectivity index (χ1) is 20.4. The number of carbonyl (C=O) groups is 2. The Labute approximate surface area is 257 Å². The summed E-state index contributed by atoms with van der Waals surface area (Å²) in [5, 5.41) is 5.74. The van der Waals surface area contributed by atoms with E-state index in [0.29, 0.717) is 0 Å². The van der Waals surface area contributed by atoms with Gasteiger partial charge < -0.3 is 10.6 Å². The van der Waals surface area contributed by atoms with E-state index in [-0.39, 0.29) is 0 Å². The Morgan fingerprint density at radius 3 is 1.14 bits per heavy atom. The lowest BCUT2D eigenvalue weighted by atomic mass is 10.0. The van der Waals surface area contributed by atoms with Crippen LogP contribution in [0.5, 0.6) is 0 Å². The number of para-hydroxylation sites is 2. The molecule has 42 heavy (non-hydrogen) atoms. The molecular formula is C38H60N2O2. The smallest absolute Gasteiger partial charge is 0.314 e. The van der Waals surface area contributed by atoms with Gasteiger partial charge in [0, 0.05) is 11.4 Å². The van der Waals surface area contributed by atoms with Gasteiger partial charge in [0.25, 0.3) is 0 Å². The first-order valence-corrected chi connectivity index (χ1v) is 17.1. The fourth-order valence-corrected chi connectivity index (χ4v) is 5.58. The molecule has 0 bridgehead atoms. The molecule has 0 spiro atoms. The van der Waals surface area contributed by atoms with Crippen molar-refractivity contribution in [3.05, 3.63) is 59.7 Å². The van der Waals surface area contributed by atoms with E-state index in [9.17, 15) is 9.59 Å². The zero-order valence-electron chi connectivity index (χ0n) is 27.3. The van der Waals surface area contributed by atoms with Crippen molar-refractivity contribution in [1.29, 1.82) is 0 Å². The Bertz CT molecular complexity index is 932. The lowest BCUT2D eigenvalue weighted by Crippen LogP contribution is -2.29. The van der Waals surface area contributed by atoms with Gasteiger partial charge in [-0.2, -0.15) is 0 Å². The van der Waals surface area contributed by atoms with Crippen molar-refractivity contribution in [1.82, 2.24) is 0 Å². The highest BCUT2D eigenvalue weighted by Crippen LogP contribution is 2.21. The maximum Gasteiger partial charge on any atom is 0.314 e. The molecule has 0 saturated heterocycles. The summed E-state index contributed by atoms with van der Waals surface area (Å²) in [5.41, 5.74) is 3.67. The molecule has 0 unspecified atom stereocenters. The van der Waals surface area contributed by atoms with Crippen molar-refractivity contribution < 1.29 is 9.59 Å². The van der Waals surface area contributed by atoms with Crippen LogP contribution in [0.25, 0.3) is 0 Å². The van der Waals surface area contributed by atoms with E-state index in [1.165, 1.54) is 89.9 Å². The molecule has 0 aliphatic carbocycles. The second kappa shape index (κ2) is 22.0. The molecule has 0 aliphatic rings. The number of hydrogen-bond acceptors (Lipinski definition) is 2. The zero-order valence-corrected chi connectivity index (χ0v) is 27.3. The minimum Gasteiger partial charge on any atom is -0.318 e. The number of carbonyl (C=O) groups excluding carboxylic acids is 2. The van der Waals surface area contributed by atoms with Gasteiger partial charge >= 0.3 is 11.8 Å². The number of rotatable bonds is 22. The normalized spacial score (nSPS) is 11.3. The molecular weight excluding hydrogens is 516 g/mol. The summed E-state index contributed by atoms with van der Waals surface area (Å²) in [6.07, 6.45) is 22.3. The van der Waals surface area contributed by atoms with Gasteiger partial charge in [-0.3, -0.25) is 9.59 Å². The lowest BCUT2D eigenvalue weighted by Gasteiger charge is -2.13. The van der Waals surface area contributed by atoms with Crippen LogP contribution in [-0.2, 0) is 22.4 Å². The Kier molecular flexibility index (Phi) is 18.6. The molecule has 2 aromatic rings. The summed E-state index contributed by atoms with van der Waals surface area (Å²) < 4.78 is 0. The molecule has 2 N–H and O–H groups in total. The number of benzene rings is 2. The van der Waals surface area contributed by atoms with E-state index >= 15 is 0 Å². The summed E-state index contributed by atoms with van der Waals surface area (Å²) in [6, 6.07) is 15.7. The Balaban J connectivity index is 1.72. The van der Waals surface area contributed by atoms with Gasteiger partial charge in [-0.25, -0.2) is 0 Å². The third-order valence-electron chi connectivity index (χ3n) is 8.19. The van der Waals surface area contributed by atoms with E-state index in [4.69, 9.17) is 0 Å². The number of amides is 2. The molecule has 4 heteroatoms. The van der Waals surface area contributed by atoms with Crippen molar-refractivity contribution in [2.75, 3.05) is 10.6 Å². The molecule has 0 heterocycles. The number of nitrogens with one attached hydrogen (secondary N) is 2. The van der Waals surface area contributed by atoms with E-state index in [1.807, 2.05) is 36.4 Å². The van der Waals surface area contributed by atoms with Crippen LogP contribution < -0.4 is 10.6 Å². The zero-order chi connectivity index (χ0) is 30.4. The van der Waals surface area contributed by atoms with Crippen LogP contribution in [-0.4, -0.2) is 11.8 Å². The van der Waals surface area contributed by atoms with Crippen molar-refractivity contribution in [3.8, 4) is 0 Å². The fraction of sp³-hybridized carbons (Fsp3) is 0.632. The summed E-state index contributed by atoms with van der Waals surface area (Å²) in [6.45, 7) is 9.19. The lowest BCUT2D eigenvalue weighted by molar-refractivity contribution is -0.133. The minimum absolute atomic E-state index is 0.615. The van der Waals surface area contributed by atoms with Gasteiger partial charge in [0.05, 0.1) is 0 Å². The molecule has 0 aromatic heterocycles. The van der Waals surface area contributed by atoms with E-state index < -0.39 is 11.8 Å². The number of hydrogen-bond donors (Lipinski definition) is 2. The molecule has 0 radical (unpaired) electrons. The average Bonchev–Trinajstić information content (AvgIpc) is 2.96. The van der Waals surface area contributed by atoms with Crippen LogP contribution in [0, 0.1) is 11.8 Å². The summed E-state index contributed by atoms with van der Waals surface area (Å²) in [7, 11) is 0. The molecule has 4 nitrogen and oxygen atoms in total. The maximum atomic E-state index is 12.8. The van der Waals surface area contributed by atoms with Crippen LogP contribution in [0.4, 0.5) is 11.4 Å². The van der Waals surface area contributed by atoms with Gasteiger partial charge in [0.2, 0.25) is 0 Å². The Morgan fingerprint density at radius 1 is 0.476 bits per heavy atom. The average molecular weight is 577 g/mol. The molecule has 2 aromatic carbocycles. The largest absolute Gasteiger partial charge is 0.318 e. The first-order valence-electron chi connectivity index (χ1n) is 17.1. The van der Waals surface area contributed by atoms with E-state index in [2.05, 4.69) is 50.5 Å². The second-order valence-electron chi connectivity index (χ2n) is 13.0. The van der Waals surface area contributed by atoms with Gasteiger partial charge in [-0.1, -0.05) is 154 Å². The van der Waals surface area contributed by atoms with Crippen molar-refractivity contribution in [2.45, 2.75) is 143 Å². The van der Waals surface area contributed by atoms with E-state index in [1.54, 1.807) is 0 Å². The quantitative estimate of drug-likeness (QED) is 0.108. The minimum atomic E-state index is -0.615. The van der Waals surface area contributed by atoms with Gasteiger partial charge in [0.15, 0.2) is 0 Å². The monoisotopic (exact) mass is 576 g/mol. The fourth-order valence-electron chi connectivity index (χ4n) is 5.58. The molecule has 234 valence electrons. The van der Waals surface area contributed by atoms with Crippen LogP contribution in [0.1, 0.15) is 142 Å². The van der Waals surface area contributed by atoms with Crippen LogP contribution in [0.15, 0.2) is 48.5 Å². The third kappa shape index (κ3) is 16.1. The van der Waals surface area contributed by atoms with Crippen molar-refractivity contribution in [2.24, 2.45) is 11.8 Å². The van der Waals surface area contributed by atoms with E-state index in [0.717, 1.165) is 60.0 Å². The highest BCUT2D eigenvalue weighted by Gasteiger charge is 2.17. The Hall–Kier alpha value is -2.62. The third-order valence-corrected chi connectivity index (χ3v) is 8.19. The molecule has 0 aliphatic heterocycles. The van der Waals surface area contributed by atoms with Gasteiger partial charge in [-0.15, -0.1) is 0 Å². The van der Waals surface area contributed by atoms with Gasteiger partial charge in [0.1, 0.15) is 0 Å². The van der Waals surface area contributed by atoms with Gasteiger partial charge in [-0.05, 0) is 60.8 Å². The highest BCUT2D eigenvalue weighted by molar-refractivity contribution is 6.43. The summed E-state index contributed by atoms with van der Waals surface area (Å²) >= 11 is 0. The number of anilines is 2. The predicted molar refractivity (Wildman–Crippen MR) is 181 cm³/mol. The predicted octanol–water partition coefficient (Wildman–Crippen LogP) is 10.9. The summed E-state index contributed by atoms with van der Waals surface area (Å²) in [4.78, 5) is 25.7. The standard InChI is InChI=1S/C38H60N2O2/c1-31(2)23-15-11-7-5-9-13-17-25-33-27-19-21-29-35(33)39-37(41)38(42)40-36-30-22-20-28-34(36)26-18-14-10-6-8-12-16-24-32(3)4/h19-22,27-32H,5-18,23-26H2,1-4H3,(H,39,41)(H,40,42). The van der Waals surface area contributed by atoms with Crippen LogP contribution in [0.3, 0.4) is 0 Å². The van der Waals surface area contributed by atoms with Crippen LogP contribution >= 0.6 is 0 Å². The second-order valence-corrected chi connectivity index (χ2v) is 13.0. The first kappa shape index (κ1) is 35.6. The van der Waals surface area contributed by atoms with Crippen LogP contribution in [0.2, 0.25) is 0 Å². The topological polar surface area (TPSA) is 58.2 Å². The molecule has 0 saturated carbocycles. The Morgan fingerprint density at radius 2 is 0.786 bits per heavy atom. The molecule has 0 atom stereocenters. The summed E-state index contributed by atoms with van der Waals surface area (Å²) in [5.74, 6) is 0.393. The molecule has 2 rings (SSSR count). The maximum absolute atomic E-state index is 12.8. The highest BCUT2D eigenvalue weighted by atomic mass is 16.2. The molecule has 2 amide bonds. The number of unbranched alkanes of at least 4 members (excludes halogenated alkanes) is 12. The molecule has 0 fully saturated rings. The number of aryl methyl sites for hydroxylation is 2. The SMILES string of the molecule is CC(C)CCCCCCCCCc1ccccc1NC(=O)C(=O)Nc1ccccc1CCCCCCCCCC(C)C. The van der Waals surface area contributed by atoms with Crippen molar-refractivity contribution >= 4 is 23.2 Å². The van der Waals surface area contributed by atoms with Crippen molar-refractivity contribution in [3.63, 3.8) is 0 Å².